The molecule has 0 atom stereocenters. The molecule has 5 nitrogen and oxygen atoms in total. The number of hydrogen-bond acceptors (Lipinski definition) is 4. The van der Waals surface area contributed by atoms with Crippen molar-refractivity contribution in [3.8, 4) is 5.88 Å². The first-order chi connectivity index (χ1) is 10.7. The summed E-state index contributed by atoms with van der Waals surface area (Å²) in [6.07, 6.45) is 3.29. The van der Waals surface area contributed by atoms with E-state index in [2.05, 4.69) is 18.3 Å². The predicted molar refractivity (Wildman–Crippen MR) is 83.6 cm³/mol. The van der Waals surface area contributed by atoms with Crippen LogP contribution in [0.15, 0.2) is 66.2 Å². The lowest BCUT2D eigenvalue weighted by molar-refractivity contribution is 0.0749. The lowest BCUT2D eigenvalue weighted by Gasteiger charge is -2.16. The first kappa shape index (κ1) is 15.6. The van der Waals surface area contributed by atoms with Gasteiger partial charge >= 0.3 is 0 Å². The van der Waals surface area contributed by atoms with Crippen LogP contribution in [0.2, 0.25) is 0 Å². The fourth-order valence-corrected chi connectivity index (χ4v) is 1.87. The number of carbonyl (C=O) groups is 1. The first-order valence-corrected chi connectivity index (χ1v) is 6.89. The molecular weight excluding hydrogens is 280 g/mol. The van der Waals surface area contributed by atoms with Gasteiger partial charge in [-0.05, 0) is 10.7 Å². The summed E-state index contributed by atoms with van der Waals surface area (Å²) in [7, 11) is 0. The van der Waals surface area contributed by atoms with Gasteiger partial charge in [0.15, 0.2) is 0 Å². The zero-order chi connectivity index (χ0) is 15.8. The van der Waals surface area contributed by atoms with E-state index in [0.717, 1.165) is 5.56 Å². The van der Waals surface area contributed by atoms with Crippen molar-refractivity contribution in [3.63, 3.8) is 0 Å². The van der Waals surface area contributed by atoms with Gasteiger partial charge in [0.25, 0.3) is 11.8 Å². The maximum absolute atomic E-state index is 12.3. The maximum Gasteiger partial charge on any atom is 0.293 e. The van der Waals surface area contributed by atoms with E-state index in [1.165, 1.54) is 6.07 Å². The van der Waals surface area contributed by atoms with E-state index in [1.807, 2.05) is 30.3 Å². The predicted octanol–water partition coefficient (Wildman–Crippen LogP) is 3.07. The minimum Gasteiger partial charge on any atom is -0.471 e. The van der Waals surface area contributed by atoms with Crippen LogP contribution in [0.25, 0.3) is 0 Å². The van der Waals surface area contributed by atoms with Crippen LogP contribution in [-0.2, 0) is 6.61 Å². The van der Waals surface area contributed by atoms with Gasteiger partial charge in [-0.2, -0.15) is 0 Å². The first-order valence-electron chi connectivity index (χ1n) is 6.89. The van der Waals surface area contributed by atoms with Crippen LogP contribution < -0.4 is 4.74 Å². The Balaban J connectivity index is 1.99. The fourth-order valence-electron chi connectivity index (χ4n) is 1.87. The second-order valence-corrected chi connectivity index (χ2v) is 4.59. The van der Waals surface area contributed by atoms with E-state index in [4.69, 9.17) is 9.26 Å². The zero-order valence-corrected chi connectivity index (χ0v) is 12.3. The molecule has 1 heterocycles. The van der Waals surface area contributed by atoms with Crippen molar-refractivity contribution in [2.24, 2.45) is 0 Å². The molecule has 1 aromatic carbocycles. The van der Waals surface area contributed by atoms with Crippen molar-refractivity contribution in [2.45, 2.75) is 6.61 Å². The molecule has 0 N–H and O–H groups in total. The Labute approximate surface area is 129 Å². The average molecular weight is 298 g/mol. The number of aromatic nitrogens is 1. The zero-order valence-electron chi connectivity index (χ0n) is 12.3. The number of nitrogens with zero attached hydrogens (tertiary/aromatic N) is 2. The third kappa shape index (κ3) is 4.09. The Hall–Kier alpha value is -2.82. The van der Waals surface area contributed by atoms with Crippen molar-refractivity contribution in [1.82, 2.24) is 10.1 Å². The van der Waals surface area contributed by atoms with Crippen LogP contribution in [0.3, 0.4) is 0 Å². The van der Waals surface area contributed by atoms with Gasteiger partial charge in [-0.3, -0.25) is 4.79 Å². The molecule has 2 rings (SSSR count). The molecule has 1 amide bonds. The molecular formula is C17H18N2O3. The molecule has 0 spiro atoms. The summed E-state index contributed by atoms with van der Waals surface area (Å²) >= 11 is 0. The molecule has 114 valence electrons. The Morgan fingerprint density at radius 1 is 1.23 bits per heavy atom. The Bertz CT molecular complexity index is 624. The monoisotopic (exact) mass is 298 g/mol. The normalized spacial score (nSPS) is 10.0. The van der Waals surface area contributed by atoms with Crippen molar-refractivity contribution >= 4 is 5.91 Å². The Kier molecular flexibility index (Phi) is 5.54. The molecule has 0 fully saturated rings. The topological polar surface area (TPSA) is 55.6 Å². The van der Waals surface area contributed by atoms with Crippen LogP contribution in [0, 0.1) is 0 Å². The summed E-state index contributed by atoms with van der Waals surface area (Å²) in [5.41, 5.74) is 1.01. The lowest BCUT2D eigenvalue weighted by Crippen LogP contribution is -2.30. The van der Waals surface area contributed by atoms with Crippen LogP contribution in [0.1, 0.15) is 16.1 Å². The molecule has 2 aromatic rings. The lowest BCUT2D eigenvalue weighted by atomic mass is 10.2. The Morgan fingerprint density at radius 2 is 1.91 bits per heavy atom. The van der Waals surface area contributed by atoms with E-state index in [1.54, 1.807) is 17.1 Å². The van der Waals surface area contributed by atoms with E-state index >= 15 is 0 Å². The number of ether oxygens (including phenoxy) is 1. The largest absolute Gasteiger partial charge is 0.471 e. The number of carbonyl (C=O) groups excluding carboxylic acids is 1. The fraction of sp³-hybridized carbons (Fsp3) is 0.176. The highest BCUT2D eigenvalue weighted by molar-refractivity contribution is 5.91. The summed E-state index contributed by atoms with van der Waals surface area (Å²) in [5, 5.41) is 3.76. The molecule has 0 saturated carbocycles. The minimum atomic E-state index is -0.276. The highest BCUT2D eigenvalue weighted by Gasteiger charge is 2.19. The van der Waals surface area contributed by atoms with Gasteiger partial charge in [-0.1, -0.05) is 42.5 Å². The summed E-state index contributed by atoms with van der Waals surface area (Å²) in [4.78, 5) is 13.8. The molecule has 0 aliphatic carbocycles. The number of rotatable bonds is 8. The van der Waals surface area contributed by atoms with Gasteiger partial charge in [-0.25, -0.2) is 0 Å². The third-order valence-electron chi connectivity index (χ3n) is 2.92. The van der Waals surface area contributed by atoms with E-state index < -0.39 is 0 Å². The summed E-state index contributed by atoms with van der Waals surface area (Å²) < 4.78 is 10.6. The number of amides is 1. The SMILES string of the molecule is C=CCN(CC=C)C(=O)c1cc(OCc2ccccc2)no1. The summed E-state index contributed by atoms with van der Waals surface area (Å²) in [6.45, 7) is 8.44. The average Bonchev–Trinajstić information content (AvgIpc) is 3.02. The van der Waals surface area contributed by atoms with Crippen molar-refractivity contribution in [3.05, 3.63) is 73.0 Å². The molecule has 0 aliphatic heterocycles. The van der Waals surface area contributed by atoms with Crippen LogP contribution in [0.4, 0.5) is 0 Å². The second-order valence-electron chi connectivity index (χ2n) is 4.59. The molecule has 22 heavy (non-hydrogen) atoms. The standard InChI is InChI=1S/C17H18N2O3/c1-3-10-19(11-4-2)17(20)15-12-16(18-22-15)21-13-14-8-6-5-7-9-14/h3-9,12H,1-2,10-11,13H2. The van der Waals surface area contributed by atoms with Gasteiger partial charge in [0.1, 0.15) is 6.61 Å². The van der Waals surface area contributed by atoms with Gasteiger partial charge in [0, 0.05) is 13.1 Å². The molecule has 0 aliphatic rings. The van der Waals surface area contributed by atoms with Crippen molar-refractivity contribution in [1.29, 1.82) is 0 Å². The van der Waals surface area contributed by atoms with Gasteiger partial charge in [-0.15, -0.1) is 13.2 Å². The minimum absolute atomic E-state index is 0.131. The quantitative estimate of drug-likeness (QED) is 0.703. The summed E-state index contributed by atoms with van der Waals surface area (Å²) in [6, 6.07) is 11.2. The van der Waals surface area contributed by atoms with Gasteiger partial charge in [0.2, 0.25) is 5.76 Å². The van der Waals surface area contributed by atoms with Crippen LogP contribution >= 0.6 is 0 Å². The molecule has 0 saturated heterocycles. The van der Waals surface area contributed by atoms with Crippen LogP contribution in [-0.4, -0.2) is 29.1 Å². The molecule has 5 heteroatoms. The highest BCUT2D eigenvalue weighted by Crippen LogP contribution is 2.15. The number of benzene rings is 1. The summed E-state index contributed by atoms with van der Waals surface area (Å²) in [5.74, 6) is 0.137. The van der Waals surface area contributed by atoms with Crippen molar-refractivity contribution in [2.75, 3.05) is 13.1 Å². The van der Waals surface area contributed by atoms with Crippen molar-refractivity contribution < 1.29 is 14.1 Å². The molecule has 1 aromatic heterocycles. The Morgan fingerprint density at radius 3 is 2.55 bits per heavy atom. The maximum atomic E-state index is 12.3. The number of hydrogen-bond donors (Lipinski definition) is 0. The van der Waals surface area contributed by atoms with Gasteiger partial charge in [0.05, 0.1) is 6.07 Å². The second kappa shape index (κ2) is 7.83. The van der Waals surface area contributed by atoms with Crippen LogP contribution in [0.5, 0.6) is 5.88 Å². The van der Waals surface area contributed by atoms with E-state index in [-0.39, 0.29) is 17.5 Å². The highest BCUT2D eigenvalue weighted by atomic mass is 16.5. The van der Waals surface area contributed by atoms with E-state index in [0.29, 0.717) is 19.7 Å². The third-order valence-corrected chi connectivity index (χ3v) is 2.92. The molecule has 0 radical (unpaired) electrons. The van der Waals surface area contributed by atoms with Gasteiger partial charge < -0.3 is 14.2 Å². The molecule has 0 unspecified atom stereocenters. The smallest absolute Gasteiger partial charge is 0.293 e. The molecule has 0 bridgehead atoms. The van der Waals surface area contributed by atoms with E-state index in [9.17, 15) is 4.79 Å².